The summed E-state index contributed by atoms with van der Waals surface area (Å²) in [6.07, 6.45) is -2.82. The van der Waals surface area contributed by atoms with Crippen molar-refractivity contribution in [3.05, 3.63) is 36.4 Å². The zero-order valence-electron chi connectivity index (χ0n) is 17.9. The fourth-order valence-electron chi connectivity index (χ4n) is 6.26. The monoisotopic (exact) mass is 452 g/mol. The molecule has 0 amide bonds. The van der Waals surface area contributed by atoms with Crippen molar-refractivity contribution >= 4 is 28.5 Å². The van der Waals surface area contributed by atoms with Gasteiger partial charge < -0.3 is 28.4 Å². The summed E-state index contributed by atoms with van der Waals surface area (Å²) < 4.78 is 36.5. The van der Waals surface area contributed by atoms with Crippen LogP contribution in [0.15, 0.2) is 36.4 Å². The third kappa shape index (κ3) is 2.08. The van der Waals surface area contributed by atoms with Crippen molar-refractivity contribution in [1.82, 2.24) is 0 Å². The van der Waals surface area contributed by atoms with Crippen LogP contribution in [0.3, 0.4) is 0 Å². The minimum Gasteiger partial charge on any atom is -0.459 e. The van der Waals surface area contributed by atoms with Gasteiger partial charge in [-0.25, -0.2) is 0 Å². The van der Waals surface area contributed by atoms with Gasteiger partial charge in [0.15, 0.2) is 23.6 Å². The Kier molecular flexibility index (Phi) is 3.42. The molecule has 2 aromatic rings. The van der Waals surface area contributed by atoms with Gasteiger partial charge in [-0.1, -0.05) is 24.3 Å². The molecule has 2 aliphatic carbocycles. The molecule has 2 aromatic carbocycles. The first-order chi connectivity index (χ1) is 15.8. The molecule has 0 aromatic heterocycles. The Balaban J connectivity index is 1.43. The highest BCUT2D eigenvalue weighted by Crippen LogP contribution is 2.73. The molecule has 3 aliphatic heterocycles. The normalized spacial score (nSPS) is 38.2. The second kappa shape index (κ2) is 5.84. The Bertz CT molecular complexity index is 1230. The SMILES string of the molecule is CC(=O)O[C@H]1CCC(=O)[C@]23O[C@]12[C@@H](OC(C)=O)[C@H]1O[C@H]1C31Oc2cccc3cccc(c23)O1. The first kappa shape index (κ1) is 19.3. The second-order valence-corrected chi connectivity index (χ2v) is 9.17. The van der Waals surface area contributed by atoms with Gasteiger partial charge in [0.2, 0.25) is 5.60 Å². The second-order valence-electron chi connectivity index (χ2n) is 9.17. The molecular formula is C24H20O9. The molecule has 2 saturated carbocycles. The molecule has 5 aliphatic rings. The summed E-state index contributed by atoms with van der Waals surface area (Å²) in [5, 5.41) is 1.71. The van der Waals surface area contributed by atoms with E-state index in [1.807, 2.05) is 36.4 Å². The van der Waals surface area contributed by atoms with E-state index >= 15 is 0 Å². The van der Waals surface area contributed by atoms with E-state index in [9.17, 15) is 14.4 Å². The van der Waals surface area contributed by atoms with Crippen LogP contribution in [0, 0.1) is 0 Å². The molecule has 6 atom stereocenters. The molecule has 33 heavy (non-hydrogen) atoms. The highest BCUT2D eigenvalue weighted by molar-refractivity contribution is 5.98. The molecule has 2 saturated heterocycles. The minimum atomic E-state index is -1.66. The summed E-state index contributed by atoms with van der Waals surface area (Å²) in [5.74, 6) is -1.91. The molecule has 0 bridgehead atoms. The summed E-state index contributed by atoms with van der Waals surface area (Å²) in [6.45, 7) is 2.57. The zero-order valence-corrected chi connectivity index (χ0v) is 17.9. The topological polar surface area (TPSA) is 113 Å². The van der Waals surface area contributed by atoms with Crippen molar-refractivity contribution in [2.75, 3.05) is 0 Å². The van der Waals surface area contributed by atoms with Crippen molar-refractivity contribution in [3.63, 3.8) is 0 Å². The maximum Gasteiger partial charge on any atom is 0.320 e. The molecule has 0 radical (unpaired) electrons. The number of esters is 2. The molecule has 1 spiro atoms. The first-order valence-corrected chi connectivity index (χ1v) is 11.0. The predicted octanol–water partition coefficient (Wildman–Crippen LogP) is 1.82. The molecule has 4 fully saturated rings. The van der Waals surface area contributed by atoms with Crippen molar-refractivity contribution < 1.29 is 42.8 Å². The van der Waals surface area contributed by atoms with E-state index in [0.29, 0.717) is 11.5 Å². The molecule has 9 nitrogen and oxygen atoms in total. The number of Topliss-reactive ketones (excluding diaryl/α,β-unsaturated/α-hetero) is 1. The number of carbonyl (C=O) groups excluding carboxylic acids is 3. The molecule has 0 unspecified atom stereocenters. The number of benzene rings is 2. The number of hydrogen-bond acceptors (Lipinski definition) is 9. The lowest BCUT2D eigenvalue weighted by molar-refractivity contribution is -0.201. The third-order valence-corrected chi connectivity index (χ3v) is 7.40. The van der Waals surface area contributed by atoms with Gasteiger partial charge in [-0.2, -0.15) is 0 Å². The van der Waals surface area contributed by atoms with E-state index in [0.717, 1.165) is 10.8 Å². The van der Waals surface area contributed by atoms with E-state index in [1.165, 1.54) is 13.8 Å². The average molecular weight is 452 g/mol. The van der Waals surface area contributed by atoms with Crippen molar-refractivity contribution in [2.24, 2.45) is 0 Å². The van der Waals surface area contributed by atoms with E-state index in [1.54, 1.807) is 0 Å². The summed E-state index contributed by atoms with van der Waals surface area (Å²) in [7, 11) is 0. The molecule has 9 heteroatoms. The third-order valence-electron chi connectivity index (χ3n) is 7.40. The molecule has 170 valence electrons. The Morgan fingerprint density at radius 3 is 2.30 bits per heavy atom. The van der Waals surface area contributed by atoms with Gasteiger partial charge >= 0.3 is 17.7 Å². The number of carbonyl (C=O) groups is 3. The van der Waals surface area contributed by atoms with Gasteiger partial charge in [-0.05, 0) is 23.9 Å². The van der Waals surface area contributed by atoms with E-state index < -0.39 is 53.3 Å². The van der Waals surface area contributed by atoms with Crippen LogP contribution in [0.1, 0.15) is 26.7 Å². The van der Waals surface area contributed by atoms with Crippen LogP contribution >= 0.6 is 0 Å². The fraction of sp³-hybridized carbons (Fsp3) is 0.458. The van der Waals surface area contributed by atoms with Crippen molar-refractivity contribution in [2.45, 2.75) is 68.1 Å². The Labute approximate surface area is 187 Å². The van der Waals surface area contributed by atoms with Gasteiger partial charge in [0.25, 0.3) is 0 Å². The van der Waals surface area contributed by atoms with Crippen LogP contribution in [0.25, 0.3) is 10.8 Å². The Morgan fingerprint density at radius 1 is 1.00 bits per heavy atom. The van der Waals surface area contributed by atoms with Crippen LogP contribution in [0.5, 0.6) is 11.5 Å². The van der Waals surface area contributed by atoms with Crippen LogP contribution in [0.4, 0.5) is 0 Å². The zero-order chi connectivity index (χ0) is 22.8. The standard InChI is InChI=1S/C24H20O9/c1-11(25)28-17-10-9-16(27)23-22(17,33-23)20(29-12(2)26)19-21(30-19)24(23)31-14-7-3-5-13-6-4-8-15(32-24)18(13)14/h3-8,17,19-21H,9-10H2,1-2H3/t17-,19+,20-,21+,22-,23-/m0/s1. The van der Waals surface area contributed by atoms with Gasteiger partial charge in [-0.3, -0.25) is 14.4 Å². The number of ether oxygens (including phenoxy) is 6. The van der Waals surface area contributed by atoms with Crippen molar-refractivity contribution in [1.29, 1.82) is 0 Å². The van der Waals surface area contributed by atoms with E-state index in [-0.39, 0.29) is 18.6 Å². The first-order valence-electron chi connectivity index (χ1n) is 11.0. The number of ketones is 1. The minimum absolute atomic E-state index is 0.0875. The highest BCUT2D eigenvalue weighted by Gasteiger charge is 3.01. The fourth-order valence-corrected chi connectivity index (χ4v) is 6.26. The van der Waals surface area contributed by atoms with Crippen LogP contribution in [-0.4, -0.2) is 59.1 Å². The number of fused-ring (bicyclic) bond motifs is 2. The van der Waals surface area contributed by atoms with Crippen molar-refractivity contribution in [3.8, 4) is 11.5 Å². The number of hydrogen-bond donors (Lipinski definition) is 0. The van der Waals surface area contributed by atoms with E-state index in [4.69, 9.17) is 28.4 Å². The lowest BCUT2D eigenvalue weighted by Gasteiger charge is -2.47. The maximum absolute atomic E-state index is 13.6. The van der Waals surface area contributed by atoms with Crippen LogP contribution in [-0.2, 0) is 33.3 Å². The lowest BCUT2D eigenvalue weighted by Crippen LogP contribution is -2.75. The quantitative estimate of drug-likeness (QED) is 0.497. The van der Waals surface area contributed by atoms with Crippen LogP contribution in [0.2, 0.25) is 0 Å². The average Bonchev–Trinajstić information content (AvgIpc) is 3.67. The Morgan fingerprint density at radius 2 is 1.67 bits per heavy atom. The summed E-state index contributed by atoms with van der Waals surface area (Å²) in [4.78, 5) is 37.6. The Hall–Kier alpha value is -3.17. The summed E-state index contributed by atoms with van der Waals surface area (Å²) in [5.41, 5.74) is -3.12. The number of epoxide rings is 2. The largest absolute Gasteiger partial charge is 0.459 e. The van der Waals surface area contributed by atoms with Gasteiger partial charge in [0.1, 0.15) is 23.7 Å². The maximum atomic E-state index is 13.6. The van der Waals surface area contributed by atoms with E-state index in [2.05, 4.69) is 0 Å². The molecule has 7 rings (SSSR count). The van der Waals surface area contributed by atoms with Gasteiger partial charge in [0, 0.05) is 20.3 Å². The predicted molar refractivity (Wildman–Crippen MR) is 108 cm³/mol. The molecule has 0 N–H and O–H groups in total. The lowest BCUT2D eigenvalue weighted by atomic mass is 9.63. The molecule has 3 heterocycles. The van der Waals surface area contributed by atoms with Gasteiger partial charge in [-0.15, -0.1) is 0 Å². The highest BCUT2D eigenvalue weighted by atomic mass is 16.8. The smallest absolute Gasteiger partial charge is 0.320 e. The van der Waals surface area contributed by atoms with Crippen LogP contribution < -0.4 is 9.47 Å². The summed E-state index contributed by atoms with van der Waals surface area (Å²) >= 11 is 0. The number of rotatable bonds is 2. The summed E-state index contributed by atoms with van der Waals surface area (Å²) in [6, 6.07) is 11.2. The van der Waals surface area contributed by atoms with Gasteiger partial charge in [0.05, 0.1) is 5.39 Å². The molecular weight excluding hydrogens is 432 g/mol.